The lowest BCUT2D eigenvalue weighted by Crippen LogP contribution is -2.49. The van der Waals surface area contributed by atoms with Crippen molar-refractivity contribution in [2.75, 3.05) is 0 Å². The summed E-state index contributed by atoms with van der Waals surface area (Å²) in [6, 6.07) is 13.4. The molecule has 0 saturated heterocycles. The van der Waals surface area contributed by atoms with Gasteiger partial charge in [0.15, 0.2) is 0 Å². The second kappa shape index (κ2) is 7.26. The summed E-state index contributed by atoms with van der Waals surface area (Å²) < 4.78 is 0. The van der Waals surface area contributed by atoms with Crippen molar-refractivity contribution in [2.24, 2.45) is 0 Å². The maximum Gasteiger partial charge on any atom is 0.262 e. The van der Waals surface area contributed by atoms with Gasteiger partial charge in [-0.3, -0.25) is 19.3 Å². The van der Waals surface area contributed by atoms with Gasteiger partial charge < -0.3 is 10.3 Å². The molecule has 1 unspecified atom stereocenters. The number of H-pyrrole nitrogens is 1. The van der Waals surface area contributed by atoms with E-state index in [1.807, 2.05) is 31.2 Å². The van der Waals surface area contributed by atoms with Crippen LogP contribution < -0.4 is 5.32 Å². The first-order valence-corrected chi connectivity index (χ1v) is 9.28. The van der Waals surface area contributed by atoms with Crippen LogP contribution in [0.1, 0.15) is 46.3 Å². The Morgan fingerprint density at radius 1 is 1.07 bits per heavy atom. The number of hydrogen-bond donors (Lipinski definition) is 2. The molecule has 7 nitrogen and oxygen atoms in total. The Bertz CT molecular complexity index is 1000. The first kappa shape index (κ1) is 17.9. The molecule has 0 saturated carbocycles. The maximum atomic E-state index is 12.9. The molecule has 3 aromatic rings. The fourth-order valence-electron chi connectivity index (χ4n) is 3.52. The Morgan fingerprint density at radius 3 is 2.36 bits per heavy atom. The Kier molecular flexibility index (Phi) is 4.65. The van der Waals surface area contributed by atoms with Gasteiger partial charge in [0.05, 0.1) is 28.7 Å². The first-order chi connectivity index (χ1) is 13.6. The third-order valence-electron chi connectivity index (χ3n) is 4.87. The number of imidazole rings is 1. The molecule has 1 aliphatic rings. The molecule has 0 aliphatic carbocycles. The lowest BCUT2D eigenvalue weighted by Gasteiger charge is -2.24. The minimum Gasteiger partial charge on any atom is -0.347 e. The summed E-state index contributed by atoms with van der Waals surface area (Å²) in [6.45, 7) is 2.11. The molecule has 1 aliphatic heterocycles. The number of aromatic amines is 1. The van der Waals surface area contributed by atoms with E-state index in [4.69, 9.17) is 0 Å². The van der Waals surface area contributed by atoms with Crippen LogP contribution in [0, 0.1) is 0 Å². The molecule has 4 rings (SSSR count). The normalized spacial score (nSPS) is 14.4. The van der Waals surface area contributed by atoms with Crippen LogP contribution in [0.5, 0.6) is 0 Å². The van der Waals surface area contributed by atoms with E-state index in [0.29, 0.717) is 29.8 Å². The van der Waals surface area contributed by atoms with E-state index >= 15 is 0 Å². The highest BCUT2D eigenvalue weighted by atomic mass is 16.2. The van der Waals surface area contributed by atoms with Crippen LogP contribution in [0.25, 0.3) is 11.0 Å². The van der Waals surface area contributed by atoms with E-state index in [1.165, 1.54) is 0 Å². The fraction of sp³-hybridized carbons (Fsp3) is 0.238. The van der Waals surface area contributed by atoms with E-state index in [2.05, 4.69) is 15.3 Å². The molecule has 0 fully saturated rings. The molecule has 142 valence electrons. The van der Waals surface area contributed by atoms with Gasteiger partial charge in [-0.25, -0.2) is 4.98 Å². The third-order valence-corrected chi connectivity index (χ3v) is 4.87. The SMILES string of the molecule is CCCC(C(=O)NCc1nc2ccccc2[nH]1)N1C(=O)c2ccccc2C1=O. The van der Waals surface area contributed by atoms with Crippen molar-refractivity contribution in [3.8, 4) is 0 Å². The number of fused-ring (bicyclic) bond motifs is 2. The molecule has 0 radical (unpaired) electrons. The van der Waals surface area contributed by atoms with Gasteiger partial charge in [-0.15, -0.1) is 0 Å². The number of aromatic nitrogens is 2. The Labute approximate surface area is 161 Å². The molecule has 2 aromatic carbocycles. The molecule has 28 heavy (non-hydrogen) atoms. The number of imide groups is 1. The topological polar surface area (TPSA) is 95.2 Å². The van der Waals surface area contributed by atoms with E-state index < -0.39 is 17.9 Å². The fourth-order valence-corrected chi connectivity index (χ4v) is 3.52. The molecule has 7 heteroatoms. The summed E-state index contributed by atoms with van der Waals surface area (Å²) in [5, 5.41) is 2.81. The minimum absolute atomic E-state index is 0.191. The molecule has 1 atom stereocenters. The largest absolute Gasteiger partial charge is 0.347 e. The first-order valence-electron chi connectivity index (χ1n) is 9.28. The van der Waals surface area contributed by atoms with Gasteiger partial charge in [0.25, 0.3) is 11.8 Å². The summed E-state index contributed by atoms with van der Waals surface area (Å²) in [6.07, 6.45) is 1.06. The highest BCUT2D eigenvalue weighted by Gasteiger charge is 2.42. The minimum atomic E-state index is -0.846. The van der Waals surface area contributed by atoms with Crippen LogP contribution in [0.2, 0.25) is 0 Å². The van der Waals surface area contributed by atoms with E-state index in [1.54, 1.807) is 24.3 Å². The summed E-state index contributed by atoms with van der Waals surface area (Å²) in [5.41, 5.74) is 2.40. The number of nitrogens with zero attached hydrogens (tertiary/aromatic N) is 2. The van der Waals surface area contributed by atoms with Crippen molar-refractivity contribution >= 4 is 28.8 Å². The van der Waals surface area contributed by atoms with Crippen LogP contribution >= 0.6 is 0 Å². The molecule has 2 heterocycles. The maximum absolute atomic E-state index is 12.9. The van der Waals surface area contributed by atoms with Crippen LogP contribution in [0.3, 0.4) is 0 Å². The summed E-state index contributed by atoms with van der Waals surface area (Å²) in [5.74, 6) is -0.583. The van der Waals surface area contributed by atoms with Crippen molar-refractivity contribution in [3.63, 3.8) is 0 Å². The summed E-state index contributed by atoms with van der Waals surface area (Å²) >= 11 is 0. The van der Waals surface area contributed by atoms with E-state index in [0.717, 1.165) is 15.9 Å². The lowest BCUT2D eigenvalue weighted by atomic mass is 10.1. The molecular formula is C21H20N4O3. The summed E-state index contributed by atoms with van der Waals surface area (Å²) in [7, 11) is 0. The van der Waals surface area contributed by atoms with Crippen molar-refractivity contribution < 1.29 is 14.4 Å². The Balaban J connectivity index is 1.52. The highest BCUT2D eigenvalue weighted by molar-refractivity contribution is 6.22. The monoisotopic (exact) mass is 376 g/mol. The third kappa shape index (κ3) is 3.05. The number of benzene rings is 2. The smallest absolute Gasteiger partial charge is 0.262 e. The quantitative estimate of drug-likeness (QED) is 0.647. The van der Waals surface area contributed by atoms with Gasteiger partial charge >= 0.3 is 0 Å². The van der Waals surface area contributed by atoms with Crippen LogP contribution in [-0.2, 0) is 11.3 Å². The number of carbonyl (C=O) groups is 3. The molecule has 0 spiro atoms. The van der Waals surface area contributed by atoms with Crippen LogP contribution in [0.4, 0.5) is 0 Å². The number of para-hydroxylation sites is 2. The zero-order valence-corrected chi connectivity index (χ0v) is 15.4. The summed E-state index contributed by atoms with van der Waals surface area (Å²) in [4.78, 5) is 47.0. The van der Waals surface area contributed by atoms with Crippen molar-refractivity contribution in [1.82, 2.24) is 20.2 Å². The van der Waals surface area contributed by atoms with Gasteiger partial charge in [-0.05, 0) is 30.7 Å². The Morgan fingerprint density at radius 2 is 1.71 bits per heavy atom. The zero-order chi connectivity index (χ0) is 19.7. The molecule has 3 amide bonds. The van der Waals surface area contributed by atoms with Crippen molar-refractivity contribution in [3.05, 3.63) is 65.5 Å². The molecule has 0 bridgehead atoms. The predicted octanol–water partition coefficient (Wildman–Crippen LogP) is 2.64. The average Bonchev–Trinajstić information content (AvgIpc) is 3.24. The van der Waals surface area contributed by atoms with Crippen molar-refractivity contribution in [2.45, 2.75) is 32.4 Å². The highest BCUT2D eigenvalue weighted by Crippen LogP contribution is 2.26. The number of rotatable bonds is 6. The average molecular weight is 376 g/mol. The molecule has 1 aromatic heterocycles. The van der Waals surface area contributed by atoms with Gasteiger partial charge in [-0.2, -0.15) is 0 Å². The van der Waals surface area contributed by atoms with Crippen LogP contribution in [-0.4, -0.2) is 38.6 Å². The van der Waals surface area contributed by atoms with Crippen molar-refractivity contribution in [1.29, 1.82) is 0 Å². The Hall–Kier alpha value is -3.48. The van der Waals surface area contributed by atoms with Gasteiger partial charge in [0, 0.05) is 0 Å². The number of carbonyl (C=O) groups excluding carboxylic acids is 3. The van der Waals surface area contributed by atoms with Gasteiger partial charge in [0.2, 0.25) is 5.91 Å². The molecule has 2 N–H and O–H groups in total. The standard InChI is InChI=1S/C21H20N4O3/c1-2-7-17(25-20(27)13-8-3-4-9-14(13)21(25)28)19(26)22-12-18-23-15-10-5-6-11-16(15)24-18/h3-6,8-11,17H,2,7,12H2,1H3,(H,22,26)(H,23,24). The molecular weight excluding hydrogens is 356 g/mol. The zero-order valence-electron chi connectivity index (χ0n) is 15.4. The number of nitrogens with one attached hydrogen (secondary N) is 2. The van der Waals surface area contributed by atoms with E-state index in [9.17, 15) is 14.4 Å². The second-order valence-corrected chi connectivity index (χ2v) is 6.75. The predicted molar refractivity (Wildman–Crippen MR) is 104 cm³/mol. The van der Waals surface area contributed by atoms with Gasteiger partial charge in [0.1, 0.15) is 11.9 Å². The van der Waals surface area contributed by atoms with Gasteiger partial charge in [-0.1, -0.05) is 37.6 Å². The lowest BCUT2D eigenvalue weighted by molar-refractivity contribution is -0.125. The number of amides is 3. The number of hydrogen-bond acceptors (Lipinski definition) is 4. The van der Waals surface area contributed by atoms with Crippen LogP contribution in [0.15, 0.2) is 48.5 Å². The van der Waals surface area contributed by atoms with E-state index in [-0.39, 0.29) is 12.5 Å². The second-order valence-electron chi connectivity index (χ2n) is 6.75.